The van der Waals surface area contributed by atoms with E-state index in [-0.39, 0.29) is 18.4 Å². The van der Waals surface area contributed by atoms with Crippen LogP contribution in [0.2, 0.25) is 0 Å². The van der Waals surface area contributed by atoms with Crippen molar-refractivity contribution in [3.05, 3.63) is 24.3 Å². The lowest BCUT2D eigenvalue weighted by Gasteiger charge is -2.33. The van der Waals surface area contributed by atoms with Gasteiger partial charge in [0.2, 0.25) is 0 Å². The maximum atomic E-state index is 12.5. The Morgan fingerprint density at radius 2 is 1.76 bits per heavy atom. The normalized spacial score (nSPS) is 11.9. The molecule has 0 spiro atoms. The van der Waals surface area contributed by atoms with E-state index in [0.717, 1.165) is 12.8 Å². The average molecular weight is 313 g/mol. The van der Waals surface area contributed by atoms with Gasteiger partial charge in [0.05, 0.1) is 22.9 Å². The van der Waals surface area contributed by atoms with E-state index in [9.17, 15) is 13.5 Å². The Labute approximate surface area is 128 Å². The minimum Gasteiger partial charge on any atom is -0.395 e. The molecule has 1 aromatic carbocycles. The van der Waals surface area contributed by atoms with Crippen molar-refractivity contribution in [2.24, 2.45) is 0 Å². The zero-order valence-electron chi connectivity index (χ0n) is 13.2. The molecule has 0 aromatic heterocycles. The predicted octanol–water partition coefficient (Wildman–Crippen LogP) is 2.86. The quantitative estimate of drug-likeness (QED) is 0.761. The molecule has 0 unspecified atom stereocenters. The molecule has 5 heteroatoms. The van der Waals surface area contributed by atoms with Crippen molar-refractivity contribution in [3.63, 3.8) is 0 Å². The van der Waals surface area contributed by atoms with Gasteiger partial charge in [0.25, 0.3) is 0 Å². The zero-order valence-corrected chi connectivity index (χ0v) is 14.1. The molecule has 0 amide bonds. The Balaban J connectivity index is 3.32. The largest absolute Gasteiger partial charge is 0.395 e. The summed E-state index contributed by atoms with van der Waals surface area (Å²) in [5.41, 5.74) is 0.716. The maximum Gasteiger partial charge on any atom is 0.180 e. The number of benzene rings is 1. The lowest BCUT2D eigenvalue weighted by molar-refractivity contribution is 0.295. The third-order valence-electron chi connectivity index (χ3n) is 3.71. The van der Waals surface area contributed by atoms with Crippen LogP contribution in [-0.2, 0) is 9.84 Å². The van der Waals surface area contributed by atoms with Gasteiger partial charge in [-0.1, -0.05) is 32.9 Å². The SMILES string of the molecule is CCCS(=O)(=O)c1ccccc1N(CCO)C(CC)CC. The summed E-state index contributed by atoms with van der Waals surface area (Å²) in [5, 5.41) is 9.34. The van der Waals surface area contributed by atoms with Crippen LogP contribution in [0, 0.1) is 0 Å². The van der Waals surface area contributed by atoms with Crippen LogP contribution in [-0.4, -0.2) is 38.5 Å². The van der Waals surface area contributed by atoms with E-state index in [1.54, 1.807) is 12.1 Å². The zero-order chi connectivity index (χ0) is 15.9. The van der Waals surface area contributed by atoms with Gasteiger partial charge < -0.3 is 10.0 Å². The minimum absolute atomic E-state index is 0.0126. The molecule has 0 fully saturated rings. The van der Waals surface area contributed by atoms with Crippen LogP contribution < -0.4 is 4.90 Å². The first-order valence-electron chi connectivity index (χ1n) is 7.71. The number of hydrogen-bond acceptors (Lipinski definition) is 4. The van der Waals surface area contributed by atoms with Gasteiger partial charge in [-0.2, -0.15) is 0 Å². The number of nitrogens with zero attached hydrogens (tertiary/aromatic N) is 1. The second kappa shape index (κ2) is 8.39. The number of rotatable bonds is 9. The van der Waals surface area contributed by atoms with Crippen LogP contribution in [0.4, 0.5) is 5.69 Å². The summed E-state index contributed by atoms with van der Waals surface area (Å²) in [6.07, 6.45) is 2.43. The van der Waals surface area contributed by atoms with Crippen molar-refractivity contribution in [2.75, 3.05) is 23.8 Å². The Morgan fingerprint density at radius 3 is 2.29 bits per heavy atom. The third kappa shape index (κ3) is 4.45. The number of para-hydroxylation sites is 1. The number of aliphatic hydroxyl groups is 1. The van der Waals surface area contributed by atoms with Crippen molar-refractivity contribution < 1.29 is 13.5 Å². The summed E-state index contributed by atoms with van der Waals surface area (Å²) in [6.45, 7) is 6.50. The van der Waals surface area contributed by atoms with Gasteiger partial charge >= 0.3 is 0 Å². The molecule has 4 nitrogen and oxygen atoms in total. The summed E-state index contributed by atoms with van der Waals surface area (Å²) < 4.78 is 24.9. The molecule has 0 bridgehead atoms. The Hall–Kier alpha value is -1.07. The fourth-order valence-electron chi connectivity index (χ4n) is 2.67. The van der Waals surface area contributed by atoms with Gasteiger partial charge in [0.15, 0.2) is 9.84 Å². The highest BCUT2D eigenvalue weighted by atomic mass is 32.2. The average Bonchev–Trinajstić information content (AvgIpc) is 2.47. The lowest BCUT2D eigenvalue weighted by atomic mass is 10.1. The van der Waals surface area contributed by atoms with Crippen molar-refractivity contribution in [1.29, 1.82) is 0 Å². The highest BCUT2D eigenvalue weighted by Crippen LogP contribution is 2.29. The van der Waals surface area contributed by atoms with Crippen molar-refractivity contribution >= 4 is 15.5 Å². The molecule has 1 aromatic rings. The van der Waals surface area contributed by atoms with Gasteiger partial charge in [-0.05, 0) is 31.4 Å². The van der Waals surface area contributed by atoms with Gasteiger partial charge in [0, 0.05) is 12.6 Å². The van der Waals surface area contributed by atoms with Crippen LogP contribution in [0.25, 0.3) is 0 Å². The van der Waals surface area contributed by atoms with Gasteiger partial charge in [-0.25, -0.2) is 8.42 Å². The van der Waals surface area contributed by atoms with Gasteiger partial charge in [-0.15, -0.1) is 0 Å². The van der Waals surface area contributed by atoms with E-state index in [4.69, 9.17) is 0 Å². The first kappa shape index (κ1) is 18.0. The maximum absolute atomic E-state index is 12.5. The topological polar surface area (TPSA) is 57.6 Å². The smallest absolute Gasteiger partial charge is 0.180 e. The van der Waals surface area contributed by atoms with Crippen LogP contribution in [0.15, 0.2) is 29.2 Å². The molecule has 0 atom stereocenters. The summed E-state index contributed by atoms with van der Waals surface area (Å²) in [5.74, 6) is 0.153. The Bertz CT molecular complexity index is 524. The van der Waals surface area contributed by atoms with E-state index in [1.807, 2.05) is 24.0 Å². The molecule has 21 heavy (non-hydrogen) atoms. The van der Waals surface area contributed by atoms with Crippen molar-refractivity contribution in [3.8, 4) is 0 Å². The molecule has 0 radical (unpaired) electrons. The third-order valence-corrected chi connectivity index (χ3v) is 5.67. The van der Waals surface area contributed by atoms with Gasteiger partial charge in [0.1, 0.15) is 0 Å². The van der Waals surface area contributed by atoms with E-state index >= 15 is 0 Å². The molecule has 120 valence electrons. The molecule has 0 heterocycles. The predicted molar refractivity (Wildman–Crippen MR) is 87.6 cm³/mol. The molecule has 0 saturated heterocycles. The first-order valence-corrected chi connectivity index (χ1v) is 9.36. The highest BCUT2D eigenvalue weighted by molar-refractivity contribution is 7.91. The first-order chi connectivity index (χ1) is 10.0. The minimum atomic E-state index is -3.28. The number of hydrogen-bond donors (Lipinski definition) is 1. The van der Waals surface area contributed by atoms with Crippen molar-refractivity contribution in [1.82, 2.24) is 0 Å². The molecule has 0 saturated carbocycles. The summed E-state index contributed by atoms with van der Waals surface area (Å²) in [4.78, 5) is 2.41. The van der Waals surface area contributed by atoms with Gasteiger partial charge in [-0.3, -0.25) is 0 Å². The van der Waals surface area contributed by atoms with E-state index in [1.165, 1.54) is 0 Å². The summed E-state index contributed by atoms with van der Waals surface area (Å²) in [7, 11) is -3.28. The van der Waals surface area contributed by atoms with Crippen LogP contribution in [0.5, 0.6) is 0 Å². The van der Waals surface area contributed by atoms with Crippen molar-refractivity contribution in [2.45, 2.75) is 51.0 Å². The number of sulfone groups is 1. The number of anilines is 1. The Morgan fingerprint density at radius 1 is 1.14 bits per heavy atom. The fourth-order valence-corrected chi connectivity index (χ4v) is 4.22. The molecular formula is C16H27NO3S. The molecule has 1 N–H and O–H groups in total. The monoisotopic (exact) mass is 313 g/mol. The van der Waals surface area contributed by atoms with E-state index in [2.05, 4.69) is 13.8 Å². The molecule has 0 aliphatic heterocycles. The second-order valence-electron chi connectivity index (χ2n) is 5.17. The second-order valence-corrected chi connectivity index (χ2v) is 7.25. The molecule has 0 aliphatic carbocycles. The number of aliphatic hydroxyl groups excluding tert-OH is 1. The fraction of sp³-hybridized carbons (Fsp3) is 0.625. The molecule has 1 rings (SSSR count). The van der Waals surface area contributed by atoms with E-state index < -0.39 is 9.84 Å². The Kier molecular flexibility index (Phi) is 7.18. The van der Waals surface area contributed by atoms with E-state index in [0.29, 0.717) is 23.5 Å². The summed E-state index contributed by atoms with van der Waals surface area (Å²) in [6, 6.07) is 7.36. The van der Waals surface area contributed by atoms with Crippen LogP contribution >= 0.6 is 0 Å². The molecule has 0 aliphatic rings. The highest BCUT2D eigenvalue weighted by Gasteiger charge is 2.23. The summed E-state index contributed by atoms with van der Waals surface area (Å²) >= 11 is 0. The lowest BCUT2D eigenvalue weighted by Crippen LogP contribution is -2.37. The standard InChI is InChI=1S/C16H27NO3S/c1-4-13-21(19,20)16-10-8-7-9-15(16)17(11-12-18)14(5-2)6-3/h7-10,14,18H,4-6,11-13H2,1-3H3. The van der Waals surface area contributed by atoms with Crippen LogP contribution in [0.1, 0.15) is 40.0 Å². The molecular weight excluding hydrogens is 286 g/mol. The van der Waals surface area contributed by atoms with Crippen LogP contribution in [0.3, 0.4) is 0 Å².